The van der Waals surface area contributed by atoms with Gasteiger partial charge in [0.1, 0.15) is 12.4 Å². The highest BCUT2D eigenvalue weighted by atomic mass is 16.5. The van der Waals surface area contributed by atoms with Crippen LogP contribution in [-0.2, 0) is 0 Å². The summed E-state index contributed by atoms with van der Waals surface area (Å²) in [5, 5.41) is 3.04. The minimum atomic E-state index is -0.0391. The van der Waals surface area contributed by atoms with Crippen LogP contribution >= 0.6 is 0 Å². The lowest BCUT2D eigenvalue weighted by atomic mass is 9.93. The highest BCUT2D eigenvalue weighted by molar-refractivity contribution is 5.74. The normalized spacial score (nSPS) is 22.7. The summed E-state index contributed by atoms with van der Waals surface area (Å²) in [5.74, 6) is 1.32. The van der Waals surface area contributed by atoms with Crippen LogP contribution in [0.1, 0.15) is 25.8 Å². The van der Waals surface area contributed by atoms with E-state index in [0.29, 0.717) is 18.6 Å². The molecule has 0 saturated carbocycles. The van der Waals surface area contributed by atoms with E-state index >= 15 is 0 Å². The number of nitrogens with one attached hydrogen (secondary N) is 1. The van der Waals surface area contributed by atoms with Crippen molar-refractivity contribution in [2.75, 3.05) is 33.8 Å². The van der Waals surface area contributed by atoms with Crippen LogP contribution in [0, 0.1) is 12.8 Å². The fourth-order valence-corrected chi connectivity index (χ4v) is 3.28. The smallest absolute Gasteiger partial charge is 0.317 e. The van der Waals surface area contributed by atoms with Crippen molar-refractivity contribution in [3.63, 3.8) is 0 Å². The Morgan fingerprint density at radius 2 is 2.08 bits per heavy atom. The third-order valence-electron chi connectivity index (χ3n) is 4.77. The molecule has 0 aliphatic carbocycles. The fourth-order valence-electron chi connectivity index (χ4n) is 3.28. The molecule has 2 rings (SSSR count). The second kappa shape index (κ2) is 8.38. The molecule has 24 heavy (non-hydrogen) atoms. The topological polar surface area (TPSA) is 44.8 Å². The Bertz CT molecular complexity index is 532. The van der Waals surface area contributed by atoms with Gasteiger partial charge in [-0.2, -0.15) is 0 Å². The van der Waals surface area contributed by atoms with Gasteiger partial charge in [-0.05, 0) is 51.9 Å². The van der Waals surface area contributed by atoms with Crippen molar-refractivity contribution in [1.82, 2.24) is 15.1 Å². The zero-order chi connectivity index (χ0) is 17.7. The van der Waals surface area contributed by atoms with Crippen LogP contribution in [0.4, 0.5) is 4.79 Å². The average Bonchev–Trinajstić information content (AvgIpc) is 2.53. The molecule has 1 aliphatic rings. The number of likely N-dealkylation sites (tertiary alicyclic amines) is 1. The van der Waals surface area contributed by atoms with E-state index in [1.165, 1.54) is 5.56 Å². The van der Waals surface area contributed by atoms with Crippen LogP contribution in [0.25, 0.3) is 0 Å². The van der Waals surface area contributed by atoms with Gasteiger partial charge >= 0.3 is 6.03 Å². The number of aryl methyl sites for hydroxylation is 1. The lowest BCUT2D eigenvalue weighted by molar-refractivity contribution is 0.105. The van der Waals surface area contributed by atoms with Gasteiger partial charge in [0.15, 0.2) is 0 Å². The van der Waals surface area contributed by atoms with Gasteiger partial charge in [0.05, 0.1) is 6.04 Å². The summed E-state index contributed by atoms with van der Waals surface area (Å²) in [5.41, 5.74) is 1.21. The van der Waals surface area contributed by atoms with Crippen LogP contribution < -0.4 is 10.1 Å². The SMILES string of the molecule is Cc1ccc(OC[C@H](C)NC(=O)N(C)[C@@H]2CCN(C)C[C@@H]2C)cc1. The van der Waals surface area contributed by atoms with Gasteiger partial charge in [0, 0.05) is 19.6 Å². The van der Waals surface area contributed by atoms with E-state index in [9.17, 15) is 4.79 Å². The van der Waals surface area contributed by atoms with E-state index in [1.54, 1.807) is 0 Å². The molecular weight excluding hydrogens is 302 g/mol. The van der Waals surface area contributed by atoms with Crippen LogP contribution in [0.15, 0.2) is 24.3 Å². The summed E-state index contributed by atoms with van der Waals surface area (Å²) in [6, 6.07) is 8.19. The van der Waals surface area contributed by atoms with E-state index in [-0.39, 0.29) is 12.1 Å². The number of carbonyl (C=O) groups excluding carboxylic acids is 1. The van der Waals surface area contributed by atoms with Crippen LogP contribution in [0.5, 0.6) is 5.75 Å². The third-order valence-corrected chi connectivity index (χ3v) is 4.77. The Kier molecular flexibility index (Phi) is 6.49. The van der Waals surface area contributed by atoms with E-state index in [2.05, 4.69) is 24.2 Å². The zero-order valence-corrected chi connectivity index (χ0v) is 15.6. The quantitative estimate of drug-likeness (QED) is 0.901. The highest BCUT2D eigenvalue weighted by Gasteiger charge is 2.30. The Morgan fingerprint density at radius 1 is 1.42 bits per heavy atom. The Balaban J connectivity index is 1.79. The molecule has 0 radical (unpaired) electrons. The molecule has 5 heteroatoms. The Labute approximate surface area is 146 Å². The molecule has 1 aromatic carbocycles. The lowest BCUT2D eigenvalue weighted by Crippen LogP contribution is -2.54. The van der Waals surface area contributed by atoms with Crippen molar-refractivity contribution in [3.8, 4) is 5.75 Å². The summed E-state index contributed by atoms with van der Waals surface area (Å²) in [4.78, 5) is 16.7. The minimum absolute atomic E-state index is 0.0172. The number of hydrogen-bond acceptors (Lipinski definition) is 3. The molecule has 1 aliphatic heterocycles. The predicted octanol–water partition coefficient (Wildman–Crippen LogP) is 2.74. The van der Waals surface area contributed by atoms with E-state index in [1.807, 2.05) is 50.1 Å². The second-order valence-electron chi connectivity index (χ2n) is 7.18. The summed E-state index contributed by atoms with van der Waals surface area (Å²) in [6.45, 7) is 8.78. The molecule has 1 saturated heterocycles. The monoisotopic (exact) mass is 333 g/mol. The van der Waals surface area contributed by atoms with Crippen molar-refractivity contribution >= 4 is 6.03 Å². The number of nitrogens with zero attached hydrogens (tertiary/aromatic N) is 2. The van der Waals surface area contributed by atoms with Gasteiger partial charge in [-0.1, -0.05) is 24.6 Å². The first-order valence-electron chi connectivity index (χ1n) is 8.78. The Morgan fingerprint density at radius 3 is 2.71 bits per heavy atom. The van der Waals surface area contributed by atoms with Gasteiger partial charge < -0.3 is 19.9 Å². The van der Waals surface area contributed by atoms with Gasteiger partial charge in [0.25, 0.3) is 0 Å². The van der Waals surface area contributed by atoms with Crippen molar-refractivity contribution in [2.24, 2.45) is 5.92 Å². The largest absolute Gasteiger partial charge is 0.491 e. The number of amides is 2. The number of rotatable bonds is 5. The Hall–Kier alpha value is -1.75. The molecule has 0 unspecified atom stereocenters. The molecule has 0 bridgehead atoms. The lowest BCUT2D eigenvalue weighted by Gasteiger charge is -2.40. The maximum Gasteiger partial charge on any atom is 0.317 e. The van der Waals surface area contributed by atoms with Crippen LogP contribution in [-0.4, -0.2) is 61.7 Å². The average molecular weight is 333 g/mol. The van der Waals surface area contributed by atoms with Gasteiger partial charge in [-0.15, -0.1) is 0 Å². The summed E-state index contributed by atoms with van der Waals surface area (Å²) >= 11 is 0. The molecule has 0 spiro atoms. The number of benzene rings is 1. The van der Waals surface area contributed by atoms with Crippen molar-refractivity contribution < 1.29 is 9.53 Å². The number of urea groups is 1. The molecule has 0 aromatic heterocycles. The number of hydrogen-bond donors (Lipinski definition) is 1. The second-order valence-corrected chi connectivity index (χ2v) is 7.18. The van der Waals surface area contributed by atoms with Crippen molar-refractivity contribution in [3.05, 3.63) is 29.8 Å². The predicted molar refractivity (Wildman–Crippen MR) is 97.5 cm³/mol. The zero-order valence-electron chi connectivity index (χ0n) is 15.6. The maximum atomic E-state index is 12.5. The van der Waals surface area contributed by atoms with Crippen LogP contribution in [0.3, 0.4) is 0 Å². The van der Waals surface area contributed by atoms with E-state index < -0.39 is 0 Å². The van der Waals surface area contributed by atoms with E-state index in [4.69, 9.17) is 4.74 Å². The first-order valence-corrected chi connectivity index (χ1v) is 8.78. The first kappa shape index (κ1) is 18.6. The molecular formula is C19H31N3O2. The molecule has 1 aromatic rings. The van der Waals surface area contributed by atoms with E-state index in [0.717, 1.165) is 25.3 Å². The number of carbonyl (C=O) groups is 1. The van der Waals surface area contributed by atoms with Crippen LogP contribution in [0.2, 0.25) is 0 Å². The molecule has 1 heterocycles. The summed E-state index contributed by atoms with van der Waals surface area (Å²) in [6.07, 6.45) is 1.02. The van der Waals surface area contributed by atoms with Crippen molar-refractivity contribution in [1.29, 1.82) is 0 Å². The molecule has 5 nitrogen and oxygen atoms in total. The van der Waals surface area contributed by atoms with Crippen molar-refractivity contribution in [2.45, 2.75) is 39.3 Å². The standard InChI is InChI=1S/C19H31N3O2/c1-14-6-8-17(9-7-14)24-13-16(3)20-19(23)22(5)18-10-11-21(4)12-15(18)2/h6-9,15-16,18H,10-13H2,1-5H3,(H,20,23)/t15-,16-,18+/m0/s1. The summed E-state index contributed by atoms with van der Waals surface area (Å²) in [7, 11) is 4.03. The first-order chi connectivity index (χ1) is 11.4. The number of ether oxygens (including phenoxy) is 1. The molecule has 2 amide bonds. The molecule has 1 N–H and O–H groups in total. The van der Waals surface area contributed by atoms with Gasteiger partial charge in [0.2, 0.25) is 0 Å². The third kappa shape index (κ3) is 5.13. The molecule has 3 atom stereocenters. The molecule has 134 valence electrons. The maximum absolute atomic E-state index is 12.5. The fraction of sp³-hybridized carbons (Fsp3) is 0.632. The van der Waals surface area contributed by atoms with Gasteiger partial charge in [-0.3, -0.25) is 0 Å². The minimum Gasteiger partial charge on any atom is -0.491 e. The molecule has 1 fully saturated rings. The highest BCUT2D eigenvalue weighted by Crippen LogP contribution is 2.20. The number of piperidine rings is 1. The van der Waals surface area contributed by atoms with Gasteiger partial charge in [-0.25, -0.2) is 4.79 Å². The summed E-state index contributed by atoms with van der Waals surface area (Å²) < 4.78 is 5.74.